The van der Waals surface area contributed by atoms with E-state index in [1.165, 1.54) is 11.8 Å². The minimum Gasteiger partial charge on any atom is -0.355 e. The van der Waals surface area contributed by atoms with Crippen molar-refractivity contribution in [2.75, 3.05) is 12.3 Å². The molecule has 0 aliphatic heterocycles. The number of carbonyl (C=O) groups is 1. The van der Waals surface area contributed by atoms with Gasteiger partial charge < -0.3 is 5.32 Å². The van der Waals surface area contributed by atoms with Gasteiger partial charge in [-0.3, -0.25) is 18.8 Å². The summed E-state index contributed by atoms with van der Waals surface area (Å²) in [5, 5.41) is 8.34. The molecule has 0 aliphatic rings. The third-order valence-corrected chi connectivity index (χ3v) is 5.82. The molecule has 0 aliphatic carbocycles. The summed E-state index contributed by atoms with van der Waals surface area (Å²) in [6, 6.07) is 7.39. The van der Waals surface area contributed by atoms with Gasteiger partial charge in [0.2, 0.25) is 5.91 Å². The van der Waals surface area contributed by atoms with Crippen molar-refractivity contribution in [3.63, 3.8) is 0 Å². The minimum atomic E-state index is -0.186. The molecule has 29 heavy (non-hydrogen) atoms. The van der Waals surface area contributed by atoms with Crippen LogP contribution in [0.3, 0.4) is 0 Å². The zero-order chi connectivity index (χ0) is 21.0. The number of amides is 1. The smallest absolute Gasteiger partial charge is 0.280 e. The summed E-state index contributed by atoms with van der Waals surface area (Å²) >= 11 is 7.57. The molecule has 0 saturated carbocycles. The first-order valence-corrected chi connectivity index (χ1v) is 10.9. The summed E-state index contributed by atoms with van der Waals surface area (Å²) in [7, 11) is 0. The van der Waals surface area contributed by atoms with Gasteiger partial charge in [0, 0.05) is 18.1 Å². The molecule has 2 heterocycles. The van der Waals surface area contributed by atoms with Crippen LogP contribution >= 0.6 is 23.4 Å². The van der Waals surface area contributed by atoms with Gasteiger partial charge in [0.05, 0.1) is 18.0 Å². The van der Waals surface area contributed by atoms with Gasteiger partial charge in [0.15, 0.2) is 10.7 Å². The molecule has 0 unspecified atom stereocenters. The molecule has 0 radical (unpaired) electrons. The topological polar surface area (TPSA) is 81.8 Å². The van der Waals surface area contributed by atoms with Gasteiger partial charge in [-0.2, -0.15) is 5.10 Å². The molecule has 154 valence electrons. The number of thioether (sulfide) groups is 1. The van der Waals surface area contributed by atoms with Crippen LogP contribution in [-0.4, -0.2) is 37.5 Å². The van der Waals surface area contributed by atoms with Gasteiger partial charge in [-0.15, -0.1) is 0 Å². The molecule has 1 aromatic carbocycles. The number of hydrogen-bond acceptors (Lipinski definition) is 5. The van der Waals surface area contributed by atoms with Crippen LogP contribution < -0.4 is 10.9 Å². The average molecular weight is 434 g/mol. The van der Waals surface area contributed by atoms with Crippen LogP contribution in [0.1, 0.15) is 31.5 Å². The lowest BCUT2D eigenvalue weighted by Crippen LogP contribution is -2.28. The Morgan fingerprint density at radius 3 is 2.72 bits per heavy atom. The van der Waals surface area contributed by atoms with E-state index in [0.717, 1.165) is 12.0 Å². The first kappa shape index (κ1) is 21.4. The van der Waals surface area contributed by atoms with E-state index < -0.39 is 0 Å². The Kier molecular flexibility index (Phi) is 6.97. The summed E-state index contributed by atoms with van der Waals surface area (Å²) in [5.41, 5.74) is 2.37. The lowest BCUT2D eigenvalue weighted by molar-refractivity contribution is -0.118. The predicted molar refractivity (Wildman–Crippen MR) is 117 cm³/mol. The first-order chi connectivity index (χ1) is 14.0. The zero-order valence-corrected chi connectivity index (χ0v) is 18.3. The van der Waals surface area contributed by atoms with E-state index in [1.54, 1.807) is 15.3 Å². The molecule has 0 fully saturated rings. The SMILES string of the molecule is CCCNC(=O)CSc1nc2c(C)nn(CC)c2c(=O)n1Cc1ccccc1Cl. The lowest BCUT2D eigenvalue weighted by Gasteiger charge is -2.13. The summed E-state index contributed by atoms with van der Waals surface area (Å²) in [4.78, 5) is 30.2. The number of nitrogens with zero attached hydrogens (tertiary/aromatic N) is 4. The van der Waals surface area contributed by atoms with Crippen molar-refractivity contribution in [2.24, 2.45) is 0 Å². The number of hydrogen-bond donors (Lipinski definition) is 1. The Labute approximate surface area is 178 Å². The number of halogens is 1. The number of nitrogens with one attached hydrogen (secondary N) is 1. The van der Waals surface area contributed by atoms with E-state index in [0.29, 0.717) is 40.0 Å². The Morgan fingerprint density at radius 1 is 1.28 bits per heavy atom. The number of benzene rings is 1. The van der Waals surface area contributed by atoms with Gasteiger partial charge in [-0.1, -0.05) is 48.5 Å². The molecule has 1 N–H and O–H groups in total. The third kappa shape index (κ3) is 4.64. The van der Waals surface area contributed by atoms with Crippen LogP contribution in [0.15, 0.2) is 34.2 Å². The maximum atomic E-state index is 13.4. The van der Waals surface area contributed by atoms with E-state index in [9.17, 15) is 9.59 Å². The summed E-state index contributed by atoms with van der Waals surface area (Å²) in [6.07, 6.45) is 0.868. The van der Waals surface area contributed by atoms with Crippen molar-refractivity contribution < 1.29 is 4.79 Å². The predicted octanol–water partition coefficient (Wildman–Crippen LogP) is 3.24. The third-order valence-electron chi connectivity index (χ3n) is 4.47. The Hall–Kier alpha value is -2.32. The normalized spacial score (nSPS) is 11.2. The van der Waals surface area contributed by atoms with Crippen molar-refractivity contribution >= 4 is 40.3 Å². The van der Waals surface area contributed by atoms with Gasteiger partial charge >= 0.3 is 0 Å². The van der Waals surface area contributed by atoms with Crippen LogP contribution in [0.25, 0.3) is 11.0 Å². The second-order valence-electron chi connectivity index (χ2n) is 6.61. The van der Waals surface area contributed by atoms with Crippen molar-refractivity contribution in [3.8, 4) is 0 Å². The molecule has 0 atom stereocenters. The monoisotopic (exact) mass is 433 g/mol. The Balaban J connectivity index is 2.07. The van der Waals surface area contributed by atoms with Crippen molar-refractivity contribution in [3.05, 3.63) is 50.9 Å². The van der Waals surface area contributed by atoms with Gasteiger partial charge in [0.25, 0.3) is 5.56 Å². The van der Waals surface area contributed by atoms with Crippen LogP contribution in [0, 0.1) is 6.92 Å². The van der Waals surface area contributed by atoms with Crippen LogP contribution in [0.2, 0.25) is 5.02 Å². The molecule has 9 heteroatoms. The minimum absolute atomic E-state index is 0.0866. The quantitative estimate of drug-likeness (QED) is 0.435. The summed E-state index contributed by atoms with van der Waals surface area (Å²) in [5.74, 6) is 0.0954. The second-order valence-corrected chi connectivity index (χ2v) is 7.96. The molecule has 2 aromatic heterocycles. The van der Waals surface area contributed by atoms with Crippen molar-refractivity contribution in [1.82, 2.24) is 24.6 Å². The van der Waals surface area contributed by atoms with Crippen LogP contribution in [0.4, 0.5) is 0 Å². The van der Waals surface area contributed by atoms with Gasteiger partial charge in [0.1, 0.15) is 5.52 Å². The highest BCUT2D eigenvalue weighted by Gasteiger charge is 2.19. The number of aromatic nitrogens is 4. The highest BCUT2D eigenvalue weighted by molar-refractivity contribution is 7.99. The van der Waals surface area contributed by atoms with E-state index in [-0.39, 0.29) is 23.8 Å². The number of fused-ring (bicyclic) bond motifs is 1. The fraction of sp³-hybridized carbons (Fsp3) is 0.400. The number of carbonyl (C=O) groups excluding carboxylic acids is 1. The molecular weight excluding hydrogens is 410 g/mol. The van der Waals surface area contributed by atoms with Gasteiger partial charge in [-0.05, 0) is 31.9 Å². The second kappa shape index (κ2) is 9.45. The fourth-order valence-electron chi connectivity index (χ4n) is 3.01. The molecule has 0 saturated heterocycles. The number of aryl methyl sites for hydroxylation is 2. The molecule has 3 rings (SSSR count). The van der Waals surface area contributed by atoms with E-state index in [4.69, 9.17) is 16.6 Å². The largest absolute Gasteiger partial charge is 0.355 e. The highest BCUT2D eigenvalue weighted by atomic mass is 35.5. The van der Waals surface area contributed by atoms with Crippen LogP contribution in [-0.2, 0) is 17.9 Å². The first-order valence-electron chi connectivity index (χ1n) is 9.57. The highest BCUT2D eigenvalue weighted by Crippen LogP contribution is 2.23. The molecule has 3 aromatic rings. The summed E-state index contributed by atoms with van der Waals surface area (Å²) < 4.78 is 3.25. The summed E-state index contributed by atoms with van der Waals surface area (Å²) in [6.45, 7) is 7.23. The lowest BCUT2D eigenvalue weighted by atomic mass is 10.2. The standard InChI is InChI=1S/C20H24ClN5O2S/c1-4-10-22-16(27)12-29-20-23-17-13(3)24-26(5-2)18(17)19(28)25(20)11-14-8-6-7-9-15(14)21/h6-9H,4-5,10-12H2,1-3H3,(H,22,27). The van der Waals surface area contributed by atoms with E-state index >= 15 is 0 Å². The maximum Gasteiger partial charge on any atom is 0.280 e. The molecule has 1 amide bonds. The Bertz CT molecular complexity index is 1090. The molecule has 0 bridgehead atoms. The average Bonchev–Trinajstić information content (AvgIpc) is 3.04. The molecular formula is C20H24ClN5O2S. The maximum absolute atomic E-state index is 13.4. The van der Waals surface area contributed by atoms with Crippen molar-refractivity contribution in [2.45, 2.75) is 45.4 Å². The number of rotatable bonds is 8. The van der Waals surface area contributed by atoms with E-state index in [2.05, 4.69) is 10.4 Å². The zero-order valence-electron chi connectivity index (χ0n) is 16.7. The van der Waals surface area contributed by atoms with E-state index in [1.807, 2.05) is 39.0 Å². The molecule has 0 spiro atoms. The van der Waals surface area contributed by atoms with Crippen LogP contribution in [0.5, 0.6) is 0 Å². The Morgan fingerprint density at radius 2 is 2.03 bits per heavy atom. The fourth-order valence-corrected chi connectivity index (χ4v) is 4.03. The van der Waals surface area contributed by atoms with Crippen molar-refractivity contribution in [1.29, 1.82) is 0 Å². The molecule has 7 nitrogen and oxygen atoms in total. The van der Waals surface area contributed by atoms with Gasteiger partial charge in [-0.25, -0.2) is 4.98 Å².